The van der Waals surface area contributed by atoms with E-state index in [9.17, 15) is 0 Å². The van der Waals surface area contributed by atoms with Gasteiger partial charge in [0.25, 0.3) is 0 Å². The molecule has 14 heavy (non-hydrogen) atoms. The molecule has 0 aliphatic carbocycles. The van der Waals surface area contributed by atoms with E-state index in [0.717, 1.165) is 5.56 Å². The molecule has 0 saturated heterocycles. The van der Waals surface area contributed by atoms with Crippen molar-refractivity contribution >= 4 is 58.0 Å². The van der Waals surface area contributed by atoms with E-state index in [1.165, 1.54) is 0 Å². The Kier molecular flexibility index (Phi) is 5.16. The summed E-state index contributed by atoms with van der Waals surface area (Å²) in [6.07, 6.45) is 0.542. The quantitative estimate of drug-likeness (QED) is 0.685. The lowest BCUT2D eigenvalue weighted by molar-refractivity contribution is 0.938. The lowest BCUT2D eigenvalue weighted by Crippen LogP contribution is -2.05. The number of hydrogen-bond donors (Lipinski definition) is 0. The van der Waals surface area contributed by atoms with Crippen molar-refractivity contribution in [2.75, 3.05) is 5.88 Å². The number of halogens is 5. The fourth-order valence-corrected chi connectivity index (χ4v) is 2.28. The summed E-state index contributed by atoms with van der Waals surface area (Å²) in [5, 5.41) is 1.39. The Balaban J connectivity index is 2.96. The highest BCUT2D eigenvalue weighted by molar-refractivity contribution is 6.39. The van der Waals surface area contributed by atoms with Gasteiger partial charge in [0.2, 0.25) is 0 Å². The number of hydrogen-bond acceptors (Lipinski definition) is 0. The Morgan fingerprint density at radius 2 is 1.57 bits per heavy atom. The Bertz CT molecular complexity index is 300. The fourth-order valence-electron chi connectivity index (χ4n) is 1.04. The predicted molar refractivity (Wildman–Crippen MR) is 65.5 cm³/mol. The molecule has 1 atom stereocenters. The first-order valence-corrected chi connectivity index (χ1v) is 5.98. The van der Waals surface area contributed by atoms with E-state index in [4.69, 9.17) is 58.0 Å². The van der Waals surface area contributed by atoms with Crippen molar-refractivity contribution in [3.05, 3.63) is 32.8 Å². The van der Waals surface area contributed by atoms with Crippen LogP contribution in [-0.2, 0) is 6.42 Å². The minimum atomic E-state index is -0.173. The van der Waals surface area contributed by atoms with Gasteiger partial charge in [0.1, 0.15) is 0 Å². The SMILES string of the molecule is ClCC(Cl)Cc1c(Cl)cc(Cl)cc1Cl. The molecular formula is C9H7Cl5. The molecular weight excluding hydrogens is 285 g/mol. The first-order chi connectivity index (χ1) is 6.54. The van der Waals surface area contributed by atoms with Crippen LogP contribution in [0.4, 0.5) is 0 Å². The zero-order valence-corrected chi connectivity index (χ0v) is 10.8. The summed E-state index contributed by atoms with van der Waals surface area (Å²) >= 11 is 29.2. The molecule has 0 aliphatic rings. The van der Waals surface area contributed by atoms with E-state index in [0.29, 0.717) is 27.4 Å². The molecule has 0 bridgehead atoms. The Morgan fingerprint density at radius 1 is 1.07 bits per heavy atom. The van der Waals surface area contributed by atoms with Gasteiger partial charge in [-0.05, 0) is 24.1 Å². The molecule has 0 heterocycles. The molecule has 1 aromatic carbocycles. The number of alkyl halides is 2. The van der Waals surface area contributed by atoms with Gasteiger partial charge in [0.05, 0.1) is 5.38 Å². The van der Waals surface area contributed by atoms with E-state index in [-0.39, 0.29) is 5.38 Å². The molecule has 0 amide bonds. The zero-order valence-electron chi connectivity index (χ0n) is 7.04. The van der Waals surface area contributed by atoms with E-state index in [1.807, 2.05) is 0 Å². The first kappa shape index (κ1) is 12.7. The van der Waals surface area contributed by atoms with Crippen LogP contribution in [0, 0.1) is 0 Å². The van der Waals surface area contributed by atoms with Crippen molar-refractivity contribution in [2.45, 2.75) is 11.8 Å². The third-order valence-electron chi connectivity index (χ3n) is 1.70. The minimum absolute atomic E-state index is 0.173. The lowest BCUT2D eigenvalue weighted by atomic mass is 10.1. The topological polar surface area (TPSA) is 0 Å². The molecule has 1 aromatic rings. The molecule has 78 valence electrons. The van der Waals surface area contributed by atoms with Gasteiger partial charge >= 0.3 is 0 Å². The highest BCUT2D eigenvalue weighted by atomic mass is 35.5. The second-order valence-corrected chi connectivity index (χ2v) is 4.98. The van der Waals surface area contributed by atoms with Crippen LogP contribution in [0.1, 0.15) is 5.56 Å². The summed E-state index contributed by atoms with van der Waals surface area (Å²) in [6, 6.07) is 3.28. The first-order valence-electron chi connectivity index (χ1n) is 3.88. The standard InChI is InChI=1S/C9H7Cl5/c10-4-6(12)1-7-8(13)2-5(11)3-9(7)14/h2-3,6H,1,4H2. The van der Waals surface area contributed by atoms with E-state index >= 15 is 0 Å². The van der Waals surface area contributed by atoms with E-state index in [1.54, 1.807) is 12.1 Å². The van der Waals surface area contributed by atoms with E-state index < -0.39 is 0 Å². The van der Waals surface area contributed by atoms with Crippen molar-refractivity contribution in [3.8, 4) is 0 Å². The van der Waals surface area contributed by atoms with Crippen molar-refractivity contribution in [1.29, 1.82) is 0 Å². The number of rotatable bonds is 3. The summed E-state index contributed by atoms with van der Waals surface area (Å²) in [7, 11) is 0. The zero-order chi connectivity index (χ0) is 10.7. The summed E-state index contributed by atoms with van der Waals surface area (Å²) in [5.74, 6) is 0.358. The Morgan fingerprint density at radius 3 is 2.00 bits per heavy atom. The average molecular weight is 292 g/mol. The minimum Gasteiger partial charge on any atom is -0.125 e. The molecule has 0 fully saturated rings. The normalized spacial score (nSPS) is 12.9. The summed E-state index contributed by atoms with van der Waals surface area (Å²) in [6.45, 7) is 0. The van der Waals surface area contributed by atoms with Crippen LogP contribution in [0.25, 0.3) is 0 Å². The smallest absolute Gasteiger partial charge is 0.0512 e. The van der Waals surface area contributed by atoms with Crippen molar-refractivity contribution in [1.82, 2.24) is 0 Å². The molecule has 0 saturated carbocycles. The van der Waals surface area contributed by atoms with Gasteiger partial charge in [0.15, 0.2) is 0 Å². The Hall–Kier alpha value is 0.670. The van der Waals surface area contributed by atoms with Crippen LogP contribution in [-0.4, -0.2) is 11.3 Å². The van der Waals surface area contributed by atoms with Crippen LogP contribution in [0.5, 0.6) is 0 Å². The van der Waals surface area contributed by atoms with Crippen LogP contribution in [0.3, 0.4) is 0 Å². The Labute approximate surface area is 108 Å². The van der Waals surface area contributed by atoms with E-state index in [2.05, 4.69) is 0 Å². The van der Waals surface area contributed by atoms with Crippen LogP contribution < -0.4 is 0 Å². The third-order valence-corrected chi connectivity index (χ3v) is 3.43. The molecule has 0 N–H and O–H groups in total. The van der Waals surface area contributed by atoms with Gasteiger partial charge in [-0.25, -0.2) is 0 Å². The van der Waals surface area contributed by atoms with Gasteiger partial charge in [-0.1, -0.05) is 34.8 Å². The maximum atomic E-state index is 5.97. The molecule has 0 nitrogen and oxygen atoms in total. The van der Waals surface area contributed by atoms with Crippen molar-refractivity contribution in [3.63, 3.8) is 0 Å². The van der Waals surface area contributed by atoms with Gasteiger partial charge in [-0.15, -0.1) is 23.2 Å². The second kappa shape index (κ2) is 5.67. The van der Waals surface area contributed by atoms with Gasteiger partial charge < -0.3 is 0 Å². The van der Waals surface area contributed by atoms with Gasteiger partial charge in [0, 0.05) is 20.9 Å². The molecule has 0 aromatic heterocycles. The monoisotopic (exact) mass is 290 g/mol. The average Bonchev–Trinajstić information content (AvgIpc) is 2.10. The van der Waals surface area contributed by atoms with Crippen molar-refractivity contribution < 1.29 is 0 Å². The molecule has 5 heteroatoms. The van der Waals surface area contributed by atoms with Gasteiger partial charge in [-0.2, -0.15) is 0 Å². The summed E-state index contributed by atoms with van der Waals surface area (Å²) in [4.78, 5) is 0. The molecule has 1 rings (SSSR count). The maximum absolute atomic E-state index is 5.97. The number of benzene rings is 1. The maximum Gasteiger partial charge on any atom is 0.0512 e. The van der Waals surface area contributed by atoms with Crippen LogP contribution >= 0.6 is 58.0 Å². The van der Waals surface area contributed by atoms with Crippen molar-refractivity contribution in [2.24, 2.45) is 0 Å². The molecule has 0 spiro atoms. The molecule has 1 unspecified atom stereocenters. The van der Waals surface area contributed by atoms with Crippen LogP contribution in [0.2, 0.25) is 15.1 Å². The summed E-state index contributed by atoms with van der Waals surface area (Å²) < 4.78 is 0. The molecule has 0 aliphatic heterocycles. The molecule has 0 radical (unpaired) electrons. The fraction of sp³-hybridized carbons (Fsp3) is 0.333. The van der Waals surface area contributed by atoms with Gasteiger partial charge in [-0.3, -0.25) is 0 Å². The largest absolute Gasteiger partial charge is 0.125 e. The highest BCUT2D eigenvalue weighted by Crippen LogP contribution is 2.30. The predicted octanol–water partition coefficient (Wildman–Crippen LogP) is 5.04. The second-order valence-electron chi connectivity index (χ2n) is 2.80. The van der Waals surface area contributed by atoms with Crippen LogP contribution in [0.15, 0.2) is 12.1 Å². The third kappa shape index (κ3) is 3.36. The lowest BCUT2D eigenvalue weighted by Gasteiger charge is -2.10. The highest BCUT2D eigenvalue weighted by Gasteiger charge is 2.12. The summed E-state index contributed by atoms with van der Waals surface area (Å²) in [5.41, 5.74) is 0.790.